The first-order valence-electron chi connectivity index (χ1n) is 8.13. The van der Waals surface area contributed by atoms with Gasteiger partial charge >= 0.3 is 5.97 Å². The third kappa shape index (κ3) is 4.12. The number of hydrogen-bond donors (Lipinski definition) is 0. The summed E-state index contributed by atoms with van der Waals surface area (Å²) in [5.74, 6) is -0.914. The van der Waals surface area contributed by atoms with Crippen molar-refractivity contribution in [1.82, 2.24) is 0 Å². The third-order valence-electron chi connectivity index (χ3n) is 4.01. The number of benzene rings is 1. The van der Waals surface area contributed by atoms with Crippen molar-refractivity contribution in [3.63, 3.8) is 0 Å². The third-order valence-corrected chi connectivity index (χ3v) is 4.26. The number of amides is 1. The zero-order valence-electron chi connectivity index (χ0n) is 14.8. The van der Waals surface area contributed by atoms with Crippen LogP contribution in [0.3, 0.4) is 0 Å². The molecular formula is C18H22ClNO5. The molecule has 1 aromatic carbocycles. The molecule has 1 heterocycles. The fourth-order valence-corrected chi connectivity index (χ4v) is 2.60. The molecule has 7 heteroatoms. The summed E-state index contributed by atoms with van der Waals surface area (Å²) in [6.45, 7) is 6.70. The summed E-state index contributed by atoms with van der Waals surface area (Å²) < 4.78 is 11.0. The molecule has 0 aromatic heterocycles. The quantitative estimate of drug-likeness (QED) is 0.439. The number of anilines is 1. The van der Waals surface area contributed by atoms with Gasteiger partial charge in [-0.2, -0.15) is 0 Å². The fraction of sp³-hybridized carbons (Fsp3) is 0.500. The molecule has 2 rings (SSSR count). The van der Waals surface area contributed by atoms with Gasteiger partial charge in [0.2, 0.25) is 0 Å². The van der Waals surface area contributed by atoms with Crippen LogP contribution in [0.1, 0.15) is 44.5 Å². The van der Waals surface area contributed by atoms with Gasteiger partial charge in [0.05, 0.1) is 17.7 Å². The summed E-state index contributed by atoms with van der Waals surface area (Å²) in [4.78, 5) is 38.1. The molecule has 136 valence electrons. The van der Waals surface area contributed by atoms with Crippen molar-refractivity contribution in [2.45, 2.75) is 45.8 Å². The summed E-state index contributed by atoms with van der Waals surface area (Å²) in [5.41, 5.74) is -0.409. The number of fused-ring (bicyclic) bond motifs is 1. The number of carbonyl (C=O) groups is 3. The highest BCUT2D eigenvalue weighted by atomic mass is 35.5. The number of halogens is 1. The zero-order valence-corrected chi connectivity index (χ0v) is 15.6. The largest absolute Gasteiger partial charge is 0.476 e. The van der Waals surface area contributed by atoms with Gasteiger partial charge in [-0.1, -0.05) is 6.92 Å². The Balaban J connectivity index is 2.38. The van der Waals surface area contributed by atoms with E-state index in [4.69, 9.17) is 21.1 Å². The van der Waals surface area contributed by atoms with Crippen molar-refractivity contribution in [2.75, 3.05) is 17.3 Å². The summed E-state index contributed by atoms with van der Waals surface area (Å²) in [6.07, 6.45) is 0.444. The molecule has 0 fully saturated rings. The molecule has 25 heavy (non-hydrogen) atoms. The predicted molar refractivity (Wildman–Crippen MR) is 94.4 cm³/mol. The van der Waals surface area contributed by atoms with E-state index in [0.29, 0.717) is 23.4 Å². The molecule has 1 amide bonds. The van der Waals surface area contributed by atoms with E-state index in [2.05, 4.69) is 0 Å². The number of ketones is 1. The lowest BCUT2D eigenvalue weighted by molar-refractivity contribution is -0.148. The molecule has 1 aliphatic rings. The highest BCUT2D eigenvalue weighted by Crippen LogP contribution is 2.38. The van der Waals surface area contributed by atoms with Gasteiger partial charge in [0.25, 0.3) is 5.91 Å². The molecule has 6 nitrogen and oxygen atoms in total. The molecule has 0 aliphatic carbocycles. The van der Waals surface area contributed by atoms with Gasteiger partial charge in [-0.05, 0) is 45.4 Å². The molecular weight excluding hydrogens is 346 g/mol. The summed E-state index contributed by atoms with van der Waals surface area (Å²) >= 11 is 5.60. The van der Waals surface area contributed by atoms with Crippen LogP contribution in [0.2, 0.25) is 0 Å². The van der Waals surface area contributed by atoms with Gasteiger partial charge in [0.1, 0.15) is 12.3 Å². The lowest BCUT2D eigenvalue weighted by Gasteiger charge is -2.38. The van der Waals surface area contributed by atoms with Crippen LogP contribution < -0.4 is 9.64 Å². The Morgan fingerprint density at radius 2 is 2.04 bits per heavy atom. The van der Waals surface area contributed by atoms with Crippen LogP contribution in [-0.2, 0) is 14.3 Å². The Labute approximate surface area is 152 Å². The maximum Gasteiger partial charge on any atom is 0.326 e. The molecule has 0 bridgehead atoms. The van der Waals surface area contributed by atoms with Crippen molar-refractivity contribution in [1.29, 1.82) is 0 Å². The van der Waals surface area contributed by atoms with Crippen LogP contribution in [-0.4, -0.2) is 41.8 Å². The maximum atomic E-state index is 12.7. The van der Waals surface area contributed by atoms with E-state index < -0.39 is 11.6 Å². The van der Waals surface area contributed by atoms with Crippen LogP contribution in [0.5, 0.6) is 5.75 Å². The minimum atomic E-state index is -1.12. The monoisotopic (exact) mass is 367 g/mol. The van der Waals surface area contributed by atoms with Crippen LogP contribution in [0.25, 0.3) is 0 Å². The van der Waals surface area contributed by atoms with E-state index in [9.17, 15) is 14.4 Å². The SMILES string of the molecule is CCC(C)OC(=O)CN1C(=O)C(C)(C)Oc2ccc(C(=O)CCl)cc21. The maximum absolute atomic E-state index is 12.7. The van der Waals surface area contributed by atoms with Gasteiger partial charge in [-0.15, -0.1) is 11.6 Å². The average molecular weight is 368 g/mol. The van der Waals surface area contributed by atoms with Gasteiger partial charge in [0.15, 0.2) is 11.4 Å². The van der Waals surface area contributed by atoms with Crippen molar-refractivity contribution >= 4 is 34.9 Å². The van der Waals surface area contributed by atoms with Gasteiger partial charge in [-0.3, -0.25) is 19.3 Å². The number of rotatable bonds is 6. The van der Waals surface area contributed by atoms with Gasteiger partial charge < -0.3 is 9.47 Å². The van der Waals surface area contributed by atoms with Crippen LogP contribution in [0.4, 0.5) is 5.69 Å². The van der Waals surface area contributed by atoms with E-state index in [1.807, 2.05) is 6.92 Å². The lowest BCUT2D eigenvalue weighted by Crippen LogP contribution is -2.54. The standard InChI is InChI=1S/C18H22ClNO5/c1-5-11(2)24-16(22)10-20-13-8-12(14(21)9-19)6-7-15(13)25-18(3,4)17(20)23/h6-8,11H,5,9-10H2,1-4H3. The molecule has 0 spiro atoms. The number of ether oxygens (including phenoxy) is 2. The van der Waals surface area contributed by atoms with Crippen molar-refractivity contribution in [3.8, 4) is 5.75 Å². The van der Waals surface area contributed by atoms with Crippen LogP contribution >= 0.6 is 11.6 Å². The Kier molecular flexibility index (Phi) is 5.72. The number of hydrogen-bond acceptors (Lipinski definition) is 5. The minimum Gasteiger partial charge on any atom is -0.476 e. The smallest absolute Gasteiger partial charge is 0.326 e. The Morgan fingerprint density at radius 1 is 1.36 bits per heavy atom. The van der Waals surface area contributed by atoms with E-state index in [1.165, 1.54) is 11.0 Å². The normalized spacial score (nSPS) is 16.7. The van der Waals surface area contributed by atoms with Gasteiger partial charge in [0, 0.05) is 5.56 Å². The molecule has 1 aromatic rings. The Hall–Kier alpha value is -2.08. The molecule has 0 saturated carbocycles. The van der Waals surface area contributed by atoms with Crippen molar-refractivity contribution < 1.29 is 23.9 Å². The number of Topliss-reactive ketones (excluding diaryl/α,β-unsaturated/α-hetero) is 1. The first kappa shape index (κ1) is 19.2. The second-order valence-electron chi connectivity index (χ2n) is 6.45. The van der Waals surface area contributed by atoms with Crippen molar-refractivity contribution in [2.24, 2.45) is 0 Å². The molecule has 1 atom stereocenters. The Morgan fingerprint density at radius 3 is 2.64 bits per heavy atom. The van der Waals surface area contributed by atoms with Crippen LogP contribution in [0.15, 0.2) is 18.2 Å². The molecule has 0 N–H and O–H groups in total. The number of esters is 1. The van der Waals surface area contributed by atoms with Crippen LogP contribution in [0, 0.1) is 0 Å². The lowest BCUT2D eigenvalue weighted by atomic mass is 10.0. The van der Waals surface area contributed by atoms with E-state index >= 15 is 0 Å². The molecule has 0 saturated heterocycles. The summed E-state index contributed by atoms with van der Waals surface area (Å²) in [7, 11) is 0. The first-order valence-corrected chi connectivity index (χ1v) is 8.66. The zero-order chi connectivity index (χ0) is 18.8. The first-order chi connectivity index (χ1) is 11.7. The molecule has 1 aliphatic heterocycles. The Bertz CT molecular complexity index is 701. The summed E-state index contributed by atoms with van der Waals surface area (Å²) in [6, 6.07) is 4.71. The predicted octanol–water partition coefficient (Wildman–Crippen LogP) is 2.95. The van der Waals surface area contributed by atoms with Crippen molar-refractivity contribution in [3.05, 3.63) is 23.8 Å². The topological polar surface area (TPSA) is 72.9 Å². The number of alkyl halides is 1. The molecule has 0 radical (unpaired) electrons. The highest BCUT2D eigenvalue weighted by molar-refractivity contribution is 6.30. The number of nitrogens with zero attached hydrogens (tertiary/aromatic N) is 1. The fourth-order valence-electron chi connectivity index (χ4n) is 2.45. The second-order valence-corrected chi connectivity index (χ2v) is 6.72. The second kappa shape index (κ2) is 7.44. The van der Waals surface area contributed by atoms with E-state index in [1.54, 1.807) is 32.9 Å². The minimum absolute atomic E-state index is 0.171. The van der Waals surface area contributed by atoms with E-state index in [0.717, 1.165) is 0 Å². The summed E-state index contributed by atoms with van der Waals surface area (Å²) in [5, 5.41) is 0. The highest BCUT2D eigenvalue weighted by Gasteiger charge is 2.42. The number of carbonyl (C=O) groups excluding carboxylic acids is 3. The average Bonchev–Trinajstić information content (AvgIpc) is 2.57. The molecule has 1 unspecified atom stereocenters. The van der Waals surface area contributed by atoms with E-state index in [-0.39, 0.29) is 30.2 Å². The van der Waals surface area contributed by atoms with Gasteiger partial charge in [-0.25, -0.2) is 0 Å².